The van der Waals surface area contributed by atoms with E-state index >= 15 is 0 Å². The molecule has 0 saturated carbocycles. The third kappa shape index (κ3) is 5.48. The highest BCUT2D eigenvalue weighted by molar-refractivity contribution is 5.35. The standard InChI is InChI=1S/C13H18F3NO2/c1-9(2)17-7-10(18)8-19-12-6-4-3-5-11(12)13(14,15)16/h3-6,9-10,17-18H,7-8H2,1-2H3/t10-/m1/s1. The van der Waals surface area contributed by atoms with Crippen molar-refractivity contribution >= 4 is 0 Å². The van der Waals surface area contributed by atoms with Gasteiger partial charge in [-0.2, -0.15) is 13.2 Å². The smallest absolute Gasteiger partial charge is 0.419 e. The molecular formula is C13H18F3NO2. The van der Waals surface area contributed by atoms with Crippen LogP contribution >= 0.6 is 0 Å². The van der Waals surface area contributed by atoms with Crippen molar-refractivity contribution in [2.45, 2.75) is 32.2 Å². The van der Waals surface area contributed by atoms with Gasteiger partial charge in [-0.05, 0) is 12.1 Å². The van der Waals surface area contributed by atoms with Crippen LogP contribution in [0.25, 0.3) is 0 Å². The van der Waals surface area contributed by atoms with Gasteiger partial charge in [0.2, 0.25) is 0 Å². The van der Waals surface area contributed by atoms with E-state index < -0.39 is 17.8 Å². The van der Waals surface area contributed by atoms with Crippen molar-refractivity contribution in [1.82, 2.24) is 5.32 Å². The summed E-state index contributed by atoms with van der Waals surface area (Å²) < 4.78 is 43.1. The molecule has 1 rings (SSSR count). The first-order valence-corrected chi connectivity index (χ1v) is 6.01. The molecule has 1 atom stereocenters. The van der Waals surface area contributed by atoms with Gasteiger partial charge in [0.15, 0.2) is 0 Å². The lowest BCUT2D eigenvalue weighted by Gasteiger charge is -2.17. The summed E-state index contributed by atoms with van der Waals surface area (Å²) in [6, 6.07) is 5.15. The lowest BCUT2D eigenvalue weighted by Crippen LogP contribution is -2.35. The molecule has 0 aliphatic carbocycles. The molecule has 0 amide bonds. The predicted octanol–water partition coefficient (Wildman–Crippen LogP) is 2.44. The first kappa shape index (κ1) is 15.8. The maximum atomic E-state index is 12.7. The fourth-order valence-electron chi connectivity index (χ4n) is 1.44. The monoisotopic (exact) mass is 277 g/mol. The van der Waals surface area contributed by atoms with Crippen LogP contribution in [0.1, 0.15) is 19.4 Å². The van der Waals surface area contributed by atoms with E-state index in [4.69, 9.17) is 4.74 Å². The molecule has 3 nitrogen and oxygen atoms in total. The first-order chi connectivity index (χ1) is 8.80. The number of hydrogen-bond donors (Lipinski definition) is 2. The van der Waals surface area contributed by atoms with Crippen LogP contribution in [0.4, 0.5) is 13.2 Å². The molecule has 0 aliphatic heterocycles. The van der Waals surface area contributed by atoms with Gasteiger partial charge in [0, 0.05) is 12.6 Å². The van der Waals surface area contributed by atoms with Crippen LogP contribution in [0.5, 0.6) is 5.75 Å². The second-order valence-corrected chi connectivity index (χ2v) is 4.52. The van der Waals surface area contributed by atoms with Crippen LogP contribution in [0.2, 0.25) is 0 Å². The molecule has 108 valence electrons. The maximum absolute atomic E-state index is 12.7. The Bertz CT molecular complexity index is 394. The van der Waals surface area contributed by atoms with Crippen molar-refractivity contribution in [3.8, 4) is 5.75 Å². The molecule has 6 heteroatoms. The van der Waals surface area contributed by atoms with Crippen molar-refractivity contribution in [3.63, 3.8) is 0 Å². The van der Waals surface area contributed by atoms with E-state index in [1.54, 1.807) is 0 Å². The zero-order valence-electron chi connectivity index (χ0n) is 10.9. The molecule has 0 unspecified atom stereocenters. The zero-order chi connectivity index (χ0) is 14.5. The Hall–Kier alpha value is -1.27. The van der Waals surface area contributed by atoms with Crippen LogP contribution in [-0.2, 0) is 6.18 Å². The Kier molecular flexibility index (Phi) is 5.62. The number of rotatable bonds is 6. The minimum atomic E-state index is -4.46. The summed E-state index contributed by atoms with van der Waals surface area (Å²) in [4.78, 5) is 0. The van der Waals surface area contributed by atoms with Gasteiger partial charge in [-0.1, -0.05) is 26.0 Å². The van der Waals surface area contributed by atoms with Gasteiger partial charge in [-0.25, -0.2) is 0 Å². The Morgan fingerprint density at radius 1 is 1.26 bits per heavy atom. The summed E-state index contributed by atoms with van der Waals surface area (Å²) in [5, 5.41) is 12.6. The van der Waals surface area contributed by atoms with Gasteiger partial charge in [-0.15, -0.1) is 0 Å². The van der Waals surface area contributed by atoms with Crippen LogP contribution in [0, 0.1) is 0 Å². The predicted molar refractivity (Wildman–Crippen MR) is 66.1 cm³/mol. The molecule has 0 aromatic heterocycles. The highest BCUT2D eigenvalue weighted by Crippen LogP contribution is 2.35. The number of benzene rings is 1. The molecule has 0 spiro atoms. The van der Waals surface area contributed by atoms with Crippen molar-refractivity contribution in [2.75, 3.05) is 13.2 Å². The molecular weight excluding hydrogens is 259 g/mol. The number of halogens is 3. The van der Waals surface area contributed by atoms with Gasteiger partial charge in [0.25, 0.3) is 0 Å². The Morgan fingerprint density at radius 3 is 2.47 bits per heavy atom. The topological polar surface area (TPSA) is 41.5 Å². The van der Waals surface area contributed by atoms with Gasteiger partial charge in [-0.3, -0.25) is 0 Å². The molecule has 1 aromatic rings. The summed E-state index contributed by atoms with van der Waals surface area (Å²) in [6.07, 6.45) is -5.32. The van der Waals surface area contributed by atoms with E-state index in [1.807, 2.05) is 13.8 Å². The van der Waals surface area contributed by atoms with Crippen LogP contribution in [-0.4, -0.2) is 30.4 Å². The molecule has 2 N–H and O–H groups in total. The number of hydrogen-bond acceptors (Lipinski definition) is 3. The Balaban J connectivity index is 2.58. The number of para-hydroxylation sites is 1. The number of aliphatic hydroxyl groups is 1. The van der Waals surface area contributed by atoms with Crippen molar-refractivity contribution in [1.29, 1.82) is 0 Å². The van der Waals surface area contributed by atoms with E-state index in [9.17, 15) is 18.3 Å². The number of alkyl halides is 3. The summed E-state index contributed by atoms with van der Waals surface area (Å²) in [7, 11) is 0. The highest BCUT2D eigenvalue weighted by Gasteiger charge is 2.34. The molecule has 1 aromatic carbocycles. The number of aliphatic hydroxyl groups excluding tert-OH is 1. The van der Waals surface area contributed by atoms with E-state index in [1.165, 1.54) is 18.2 Å². The summed E-state index contributed by atoms with van der Waals surface area (Å²) in [6.45, 7) is 3.90. The molecule has 0 heterocycles. The fraction of sp³-hybridized carbons (Fsp3) is 0.538. The van der Waals surface area contributed by atoms with Crippen LogP contribution in [0.3, 0.4) is 0 Å². The van der Waals surface area contributed by atoms with E-state index in [-0.39, 0.29) is 24.9 Å². The Labute approximate surface area is 110 Å². The average Bonchev–Trinajstić information content (AvgIpc) is 2.33. The maximum Gasteiger partial charge on any atom is 0.419 e. The normalized spacial score (nSPS) is 13.6. The largest absolute Gasteiger partial charge is 0.490 e. The van der Waals surface area contributed by atoms with Crippen molar-refractivity contribution < 1.29 is 23.0 Å². The molecule has 0 radical (unpaired) electrons. The second kappa shape index (κ2) is 6.77. The molecule has 0 bridgehead atoms. The fourth-order valence-corrected chi connectivity index (χ4v) is 1.44. The van der Waals surface area contributed by atoms with Gasteiger partial charge >= 0.3 is 6.18 Å². The lowest BCUT2D eigenvalue weighted by atomic mass is 10.2. The van der Waals surface area contributed by atoms with E-state index in [0.29, 0.717) is 0 Å². The molecule has 19 heavy (non-hydrogen) atoms. The summed E-state index contributed by atoms with van der Waals surface area (Å²) in [5.41, 5.74) is -0.834. The summed E-state index contributed by atoms with van der Waals surface area (Å²) in [5.74, 6) is -0.265. The average molecular weight is 277 g/mol. The third-order valence-corrected chi connectivity index (χ3v) is 2.39. The van der Waals surface area contributed by atoms with Gasteiger partial charge < -0.3 is 15.2 Å². The first-order valence-electron chi connectivity index (χ1n) is 6.01. The SMILES string of the molecule is CC(C)NC[C@@H](O)COc1ccccc1C(F)(F)F. The highest BCUT2D eigenvalue weighted by atomic mass is 19.4. The van der Waals surface area contributed by atoms with Gasteiger partial charge in [0.05, 0.1) is 5.56 Å². The minimum Gasteiger partial charge on any atom is -0.490 e. The van der Waals surface area contributed by atoms with Gasteiger partial charge in [0.1, 0.15) is 18.5 Å². The lowest BCUT2D eigenvalue weighted by molar-refractivity contribution is -0.139. The minimum absolute atomic E-state index is 0.188. The second-order valence-electron chi connectivity index (χ2n) is 4.52. The Morgan fingerprint density at radius 2 is 1.89 bits per heavy atom. The zero-order valence-corrected chi connectivity index (χ0v) is 10.9. The summed E-state index contributed by atoms with van der Waals surface area (Å²) >= 11 is 0. The third-order valence-electron chi connectivity index (χ3n) is 2.39. The molecule has 0 aliphatic rings. The molecule has 0 saturated heterocycles. The van der Waals surface area contributed by atoms with E-state index in [0.717, 1.165) is 6.07 Å². The van der Waals surface area contributed by atoms with E-state index in [2.05, 4.69) is 5.32 Å². The van der Waals surface area contributed by atoms with Crippen LogP contribution in [0.15, 0.2) is 24.3 Å². The molecule has 0 fully saturated rings. The quantitative estimate of drug-likeness (QED) is 0.839. The van der Waals surface area contributed by atoms with Crippen molar-refractivity contribution in [2.24, 2.45) is 0 Å². The van der Waals surface area contributed by atoms with Crippen LogP contribution < -0.4 is 10.1 Å². The number of ether oxygens (including phenoxy) is 1. The number of nitrogens with one attached hydrogen (secondary N) is 1. The van der Waals surface area contributed by atoms with Crippen molar-refractivity contribution in [3.05, 3.63) is 29.8 Å².